The zero-order valence-corrected chi connectivity index (χ0v) is 8.42. The molecule has 0 fully saturated rings. The lowest BCUT2D eigenvalue weighted by Crippen LogP contribution is -2.31. The summed E-state index contributed by atoms with van der Waals surface area (Å²) in [7, 11) is 0. The number of hydrogen-bond donors (Lipinski definition) is 4. The maximum atomic E-state index is 9.91. The van der Waals surface area contributed by atoms with Crippen molar-refractivity contribution in [2.75, 3.05) is 5.75 Å². The number of nitrogens with zero attached hydrogens (tertiary/aromatic N) is 1. The van der Waals surface area contributed by atoms with Crippen molar-refractivity contribution in [1.29, 1.82) is 0 Å². The van der Waals surface area contributed by atoms with E-state index in [-0.39, 0.29) is 11.6 Å². The second-order valence-electron chi connectivity index (χ2n) is 2.27. The highest BCUT2D eigenvalue weighted by Gasteiger charge is 2.06. The van der Waals surface area contributed by atoms with Crippen molar-refractivity contribution >= 4 is 24.6 Å². The van der Waals surface area contributed by atoms with Crippen LogP contribution in [-0.2, 0) is 4.79 Å². The third-order valence-electron chi connectivity index (χ3n) is 1.13. The molecule has 1 heterocycles. The number of nitrogens with two attached hydrogens (primary N) is 1. The van der Waals surface area contributed by atoms with Gasteiger partial charge < -0.3 is 20.4 Å². The number of aliphatic carboxylic acids is 1. The lowest BCUT2D eigenvalue weighted by molar-refractivity contribution is -0.137. The first-order valence-corrected chi connectivity index (χ1v) is 4.34. The Labute approximate surface area is 90.3 Å². The summed E-state index contributed by atoms with van der Waals surface area (Å²) in [6, 6.07) is -0.816. The van der Waals surface area contributed by atoms with Crippen LogP contribution in [0.2, 0.25) is 0 Å². The fourth-order valence-corrected chi connectivity index (χ4v) is 0.563. The van der Waals surface area contributed by atoms with Crippen molar-refractivity contribution in [3.05, 3.63) is 18.4 Å². The number of aromatic nitrogens is 1. The van der Waals surface area contributed by atoms with Crippen LogP contribution in [0.3, 0.4) is 0 Å². The monoisotopic (exact) mass is 234 g/mol. The molecular weight excluding hydrogens is 224 g/mol. The number of carbonyl (C=O) groups is 2. The molecule has 0 spiro atoms. The molecule has 1 rings (SSSR count). The molecular formula is C7H10N2O5S. The summed E-state index contributed by atoms with van der Waals surface area (Å²) in [5.41, 5.74) is 4.94. The summed E-state index contributed by atoms with van der Waals surface area (Å²) >= 11 is 3.65. The lowest BCUT2D eigenvalue weighted by atomic mass is 10.4. The van der Waals surface area contributed by atoms with Crippen LogP contribution in [-0.4, -0.2) is 38.9 Å². The Kier molecular flexibility index (Phi) is 6.14. The minimum Gasteiger partial charge on any atom is -0.480 e. The smallest absolute Gasteiger partial charge is 0.392 e. The van der Waals surface area contributed by atoms with E-state index in [0.29, 0.717) is 0 Å². The quantitative estimate of drug-likeness (QED) is 0.529. The zero-order chi connectivity index (χ0) is 11.8. The second kappa shape index (κ2) is 6.85. The molecule has 15 heavy (non-hydrogen) atoms. The molecule has 0 saturated heterocycles. The predicted molar refractivity (Wildman–Crippen MR) is 52.9 cm³/mol. The van der Waals surface area contributed by atoms with Crippen LogP contribution in [0.1, 0.15) is 10.7 Å². The molecule has 84 valence electrons. The highest BCUT2D eigenvalue weighted by molar-refractivity contribution is 7.80. The standard InChI is InChI=1S/C4H3NO3.C3H7NO2S/c6-4(7)3-5-1-2-8-3;4-2(1-7)3(5)6/h1-2H,(H,6,7);2,7H,1,4H2,(H,5,6). The van der Waals surface area contributed by atoms with Crippen LogP contribution in [0.4, 0.5) is 0 Å². The van der Waals surface area contributed by atoms with Gasteiger partial charge >= 0.3 is 17.8 Å². The Morgan fingerprint density at radius 1 is 1.60 bits per heavy atom. The molecule has 4 N–H and O–H groups in total. The largest absolute Gasteiger partial charge is 0.480 e. The van der Waals surface area contributed by atoms with E-state index < -0.39 is 18.0 Å². The van der Waals surface area contributed by atoms with Gasteiger partial charge in [-0.25, -0.2) is 9.78 Å². The van der Waals surface area contributed by atoms with Gasteiger partial charge in [-0.3, -0.25) is 4.79 Å². The van der Waals surface area contributed by atoms with Crippen LogP contribution < -0.4 is 5.73 Å². The first kappa shape index (κ1) is 13.5. The zero-order valence-electron chi connectivity index (χ0n) is 7.53. The lowest BCUT2D eigenvalue weighted by Gasteiger charge is -1.96. The normalized spacial score (nSPS) is 11.1. The summed E-state index contributed by atoms with van der Waals surface area (Å²) < 4.78 is 4.38. The molecule has 1 atom stereocenters. The van der Waals surface area contributed by atoms with Gasteiger partial charge in [0, 0.05) is 5.75 Å². The maximum absolute atomic E-state index is 9.91. The van der Waals surface area contributed by atoms with Crippen LogP contribution in [0, 0.1) is 0 Å². The van der Waals surface area contributed by atoms with Crippen molar-refractivity contribution in [3.63, 3.8) is 0 Å². The third kappa shape index (κ3) is 5.70. The van der Waals surface area contributed by atoms with Gasteiger partial charge in [0.15, 0.2) is 0 Å². The van der Waals surface area contributed by atoms with Crippen molar-refractivity contribution < 1.29 is 24.2 Å². The molecule has 7 nitrogen and oxygen atoms in total. The van der Waals surface area contributed by atoms with E-state index in [1.165, 1.54) is 12.5 Å². The summed E-state index contributed by atoms with van der Waals surface area (Å²) in [5, 5.41) is 16.1. The molecule has 0 aliphatic carbocycles. The number of hydrogen-bond acceptors (Lipinski definition) is 6. The molecule has 0 aromatic carbocycles. The first-order chi connectivity index (χ1) is 6.99. The SMILES string of the molecule is NC(CS)C(=O)O.O=C(O)c1ncco1. The van der Waals surface area contributed by atoms with Crippen molar-refractivity contribution in [1.82, 2.24) is 4.98 Å². The van der Waals surface area contributed by atoms with E-state index in [1.54, 1.807) is 0 Å². The highest BCUT2D eigenvalue weighted by Crippen LogP contribution is 1.91. The molecule has 0 aliphatic heterocycles. The van der Waals surface area contributed by atoms with Gasteiger partial charge in [0.1, 0.15) is 12.3 Å². The van der Waals surface area contributed by atoms with Crippen molar-refractivity contribution in [3.8, 4) is 0 Å². The average Bonchev–Trinajstić information content (AvgIpc) is 2.70. The molecule has 0 saturated carbocycles. The van der Waals surface area contributed by atoms with Crippen LogP contribution in [0.15, 0.2) is 16.9 Å². The van der Waals surface area contributed by atoms with Gasteiger partial charge in [-0.15, -0.1) is 0 Å². The van der Waals surface area contributed by atoms with E-state index in [9.17, 15) is 9.59 Å². The van der Waals surface area contributed by atoms with Crippen LogP contribution in [0.25, 0.3) is 0 Å². The molecule has 0 bridgehead atoms. The van der Waals surface area contributed by atoms with Gasteiger partial charge in [0.25, 0.3) is 0 Å². The molecule has 0 radical (unpaired) electrons. The Hall–Kier alpha value is -1.54. The first-order valence-electron chi connectivity index (χ1n) is 3.71. The molecule has 1 aromatic rings. The number of aromatic carboxylic acids is 1. The van der Waals surface area contributed by atoms with Crippen LogP contribution in [0.5, 0.6) is 0 Å². The fraction of sp³-hybridized carbons (Fsp3) is 0.286. The van der Waals surface area contributed by atoms with Crippen LogP contribution >= 0.6 is 12.6 Å². The Morgan fingerprint density at radius 3 is 2.33 bits per heavy atom. The second-order valence-corrected chi connectivity index (χ2v) is 2.63. The van der Waals surface area contributed by atoms with E-state index in [0.717, 1.165) is 0 Å². The third-order valence-corrected chi connectivity index (χ3v) is 1.52. The maximum Gasteiger partial charge on any atom is 0.392 e. The Balaban J connectivity index is 0.000000265. The molecule has 1 unspecified atom stereocenters. The molecule has 8 heteroatoms. The van der Waals surface area contributed by atoms with E-state index in [2.05, 4.69) is 22.0 Å². The average molecular weight is 234 g/mol. The highest BCUT2D eigenvalue weighted by atomic mass is 32.1. The summed E-state index contributed by atoms with van der Waals surface area (Å²) in [4.78, 5) is 23.0. The Bertz CT molecular complexity index is 313. The predicted octanol–water partition coefficient (Wildman–Crippen LogP) is -0.299. The van der Waals surface area contributed by atoms with Gasteiger partial charge in [0.05, 0.1) is 6.20 Å². The van der Waals surface area contributed by atoms with E-state index in [4.69, 9.17) is 15.9 Å². The van der Waals surface area contributed by atoms with Gasteiger partial charge in [0.2, 0.25) is 0 Å². The molecule has 1 aromatic heterocycles. The van der Waals surface area contributed by atoms with Gasteiger partial charge in [-0.2, -0.15) is 12.6 Å². The number of thiol groups is 1. The number of oxazole rings is 1. The van der Waals surface area contributed by atoms with Gasteiger partial charge in [-0.1, -0.05) is 0 Å². The molecule has 0 amide bonds. The fourth-order valence-electron chi connectivity index (χ4n) is 0.407. The van der Waals surface area contributed by atoms with Crippen molar-refractivity contribution in [2.24, 2.45) is 5.73 Å². The number of carboxylic acids is 2. The minimum absolute atomic E-state index is 0.190. The van der Waals surface area contributed by atoms with E-state index >= 15 is 0 Å². The molecule has 0 aliphatic rings. The summed E-state index contributed by atoms with van der Waals surface area (Å²) in [6.45, 7) is 0. The van der Waals surface area contributed by atoms with E-state index in [1.807, 2.05) is 0 Å². The van der Waals surface area contributed by atoms with Crippen molar-refractivity contribution in [2.45, 2.75) is 6.04 Å². The summed E-state index contributed by atoms with van der Waals surface area (Å²) in [6.07, 6.45) is 2.49. The minimum atomic E-state index is -1.14. The summed E-state index contributed by atoms with van der Waals surface area (Å²) in [5.74, 6) is -2.23. The number of carboxylic acid groups (broad SMARTS) is 2. The topological polar surface area (TPSA) is 127 Å². The number of rotatable bonds is 3. The Morgan fingerprint density at radius 2 is 2.20 bits per heavy atom. The van der Waals surface area contributed by atoms with Gasteiger partial charge in [-0.05, 0) is 0 Å².